The first-order chi connectivity index (χ1) is 20.0. The number of benzene rings is 1. The van der Waals surface area contributed by atoms with Crippen LogP contribution in [0, 0.1) is 19.8 Å². The van der Waals surface area contributed by atoms with Gasteiger partial charge < -0.3 is 24.0 Å². The maximum Gasteiger partial charge on any atom is 0.267 e. The molecule has 2 heterocycles. The molecular weight excluding hydrogens is 600 g/mol. The molecule has 1 aliphatic rings. The molecule has 4 atom stereocenters. The van der Waals surface area contributed by atoms with Gasteiger partial charge in [-0.05, 0) is 65.2 Å². The number of nitrogens with zero attached hydrogens (tertiary/aromatic N) is 3. The monoisotopic (exact) mass is 644 g/mol. The van der Waals surface area contributed by atoms with Crippen LogP contribution in [0.1, 0.15) is 61.8 Å². The van der Waals surface area contributed by atoms with Gasteiger partial charge in [-0.25, -0.2) is 21.1 Å². The third kappa shape index (κ3) is 8.91. The first-order valence-corrected chi connectivity index (χ1v) is 17.6. The number of carbonyl (C=O) groups is 1. The molecule has 1 amide bonds. The van der Waals surface area contributed by atoms with Crippen LogP contribution in [-0.2, 0) is 24.8 Å². The third-order valence-electron chi connectivity index (χ3n) is 7.54. The van der Waals surface area contributed by atoms with Gasteiger partial charge in [0.15, 0.2) is 10.7 Å². The van der Waals surface area contributed by atoms with Crippen LogP contribution in [0.5, 0.6) is 5.75 Å². The molecule has 3 rings (SSSR count). The van der Waals surface area contributed by atoms with E-state index in [4.69, 9.17) is 14.0 Å². The number of aromatic nitrogens is 1. The molecule has 2 aromatic rings. The van der Waals surface area contributed by atoms with Crippen molar-refractivity contribution in [2.24, 2.45) is 5.92 Å². The summed E-state index contributed by atoms with van der Waals surface area (Å²) in [6.07, 6.45) is 2.50. The van der Waals surface area contributed by atoms with E-state index in [1.165, 1.54) is 42.2 Å². The van der Waals surface area contributed by atoms with Gasteiger partial charge >= 0.3 is 0 Å². The van der Waals surface area contributed by atoms with Crippen molar-refractivity contribution >= 4 is 31.6 Å². The Morgan fingerprint density at radius 1 is 1.19 bits per heavy atom. The van der Waals surface area contributed by atoms with Gasteiger partial charge in [-0.15, -0.1) is 0 Å². The van der Waals surface area contributed by atoms with Crippen molar-refractivity contribution in [1.29, 1.82) is 0 Å². The molecule has 1 aliphatic heterocycles. The van der Waals surface area contributed by atoms with Crippen LogP contribution in [0.2, 0.25) is 0 Å². The molecule has 2 N–H and O–H groups in total. The van der Waals surface area contributed by atoms with Crippen LogP contribution in [0.25, 0.3) is 0 Å². The largest absolute Gasteiger partial charge is 0.490 e. The fourth-order valence-corrected chi connectivity index (χ4v) is 6.70. The lowest BCUT2D eigenvalue weighted by molar-refractivity contribution is -0.00828. The van der Waals surface area contributed by atoms with Crippen LogP contribution in [0.4, 0.5) is 5.69 Å². The molecule has 0 saturated carbocycles. The molecule has 15 heteroatoms. The van der Waals surface area contributed by atoms with Crippen LogP contribution < -0.4 is 9.46 Å². The molecular formula is C28H44N4O9S2. The minimum absolute atomic E-state index is 0.0850. The van der Waals surface area contributed by atoms with Crippen molar-refractivity contribution in [3.63, 3.8) is 0 Å². The van der Waals surface area contributed by atoms with Crippen LogP contribution in [0.15, 0.2) is 27.6 Å². The Balaban J connectivity index is 2.04. The van der Waals surface area contributed by atoms with E-state index < -0.39 is 38.1 Å². The number of likely N-dealkylation sites (N-methyl/N-ethyl adjacent to an activating group) is 1. The highest BCUT2D eigenvalue weighted by Gasteiger charge is 2.32. The van der Waals surface area contributed by atoms with E-state index in [-0.39, 0.29) is 65.1 Å². The predicted octanol–water partition coefficient (Wildman–Crippen LogP) is 2.78. The zero-order chi connectivity index (χ0) is 32.1. The van der Waals surface area contributed by atoms with E-state index in [1.807, 2.05) is 13.8 Å². The quantitative estimate of drug-likeness (QED) is 0.436. The summed E-state index contributed by atoms with van der Waals surface area (Å²) in [5.41, 5.74) is 0.443. The number of nitrogens with one attached hydrogen (secondary N) is 1. The molecule has 0 fully saturated rings. The fraction of sp³-hybridized carbons (Fsp3) is 0.643. The molecule has 1 aromatic heterocycles. The number of carbonyl (C=O) groups excluding carboxylic acids is 1. The van der Waals surface area contributed by atoms with Crippen molar-refractivity contribution in [1.82, 2.24) is 14.4 Å². The number of aliphatic hydroxyl groups excluding tert-OH is 1. The topological polar surface area (TPSA) is 169 Å². The van der Waals surface area contributed by atoms with E-state index in [2.05, 4.69) is 9.88 Å². The molecule has 0 spiro atoms. The number of aryl methyl sites for hydroxylation is 2. The van der Waals surface area contributed by atoms with Crippen molar-refractivity contribution < 1.29 is 40.7 Å². The smallest absolute Gasteiger partial charge is 0.267 e. The summed E-state index contributed by atoms with van der Waals surface area (Å²) in [6.45, 7) is 8.77. The molecule has 1 aromatic carbocycles. The number of aliphatic hydroxyl groups is 1. The Labute approximate surface area is 254 Å². The van der Waals surface area contributed by atoms with Gasteiger partial charge in [0.05, 0.1) is 36.7 Å². The number of amides is 1. The first kappa shape index (κ1) is 34.8. The van der Waals surface area contributed by atoms with Gasteiger partial charge in [0.1, 0.15) is 11.4 Å². The molecule has 0 saturated heterocycles. The molecule has 0 unspecified atom stereocenters. The molecule has 13 nitrogen and oxygen atoms in total. The summed E-state index contributed by atoms with van der Waals surface area (Å²) < 4.78 is 71.8. The Bertz CT molecular complexity index is 1460. The second-order valence-corrected chi connectivity index (χ2v) is 15.0. The van der Waals surface area contributed by atoms with Gasteiger partial charge in [0.25, 0.3) is 15.9 Å². The van der Waals surface area contributed by atoms with E-state index in [0.29, 0.717) is 13.0 Å². The first-order valence-electron chi connectivity index (χ1n) is 14.3. The highest BCUT2D eigenvalue weighted by atomic mass is 32.2. The minimum atomic E-state index is -4.09. The second-order valence-electron chi connectivity index (χ2n) is 11.3. The third-order valence-corrected chi connectivity index (χ3v) is 10.4. The number of hydrogen-bond donors (Lipinski definition) is 2. The summed E-state index contributed by atoms with van der Waals surface area (Å²) in [4.78, 5) is 15.6. The van der Waals surface area contributed by atoms with Crippen LogP contribution in [-0.4, -0.2) is 100 Å². The van der Waals surface area contributed by atoms with E-state index in [0.717, 1.165) is 19.1 Å². The second kappa shape index (κ2) is 14.4. The summed E-state index contributed by atoms with van der Waals surface area (Å²) in [6, 6.07) is 3.87. The standard InChI is InChI=1S/C28H44N4O9S2/c1-18-15-32(19(2)17-33)28(34)24-14-23(30-43(37,38)27-21(4)29-41-22(27)5)11-12-25(24)40-20(3)10-8-9-13-39-26(18)16-31(6)42(7,35)36/h11-12,14,18-20,26,30,33H,8-10,13,15-17H2,1-7H3/t18-,19+,20+,26-/m0/s1. The number of anilines is 1. The predicted molar refractivity (Wildman–Crippen MR) is 161 cm³/mol. The van der Waals surface area contributed by atoms with E-state index >= 15 is 0 Å². The zero-order valence-corrected chi connectivity index (χ0v) is 27.5. The Hall–Kier alpha value is -2.72. The Morgan fingerprint density at radius 2 is 1.88 bits per heavy atom. The maximum atomic E-state index is 14.2. The van der Waals surface area contributed by atoms with Crippen LogP contribution in [0.3, 0.4) is 0 Å². The SMILES string of the molecule is Cc1noc(C)c1S(=O)(=O)Nc1ccc2c(c1)C(=O)N([C@H](C)CO)C[C@H](C)[C@H](CN(C)S(C)(=O)=O)OCCCC[C@@H](C)O2. The summed E-state index contributed by atoms with van der Waals surface area (Å²) in [5, 5.41) is 13.8. The molecule has 0 aliphatic carbocycles. The van der Waals surface area contributed by atoms with Crippen molar-refractivity contribution in [3.05, 3.63) is 35.2 Å². The Kier molecular flexibility index (Phi) is 11.6. The summed E-state index contributed by atoms with van der Waals surface area (Å²) in [5.74, 6) is -0.398. The average Bonchev–Trinajstić information content (AvgIpc) is 3.27. The highest BCUT2D eigenvalue weighted by Crippen LogP contribution is 2.30. The van der Waals surface area contributed by atoms with Crippen molar-refractivity contribution in [2.75, 3.05) is 44.3 Å². The maximum absolute atomic E-state index is 14.2. The number of ether oxygens (including phenoxy) is 2. The highest BCUT2D eigenvalue weighted by molar-refractivity contribution is 7.92. The van der Waals surface area contributed by atoms with Crippen LogP contribution >= 0.6 is 0 Å². The number of sulfonamides is 2. The number of fused-ring (bicyclic) bond motifs is 1. The molecule has 242 valence electrons. The van der Waals surface area contributed by atoms with E-state index in [1.54, 1.807) is 13.0 Å². The molecule has 0 radical (unpaired) electrons. The summed E-state index contributed by atoms with van der Waals surface area (Å²) >= 11 is 0. The van der Waals surface area contributed by atoms with Crippen molar-refractivity contribution in [2.45, 2.75) is 77.0 Å². The molecule has 43 heavy (non-hydrogen) atoms. The van der Waals surface area contributed by atoms with Gasteiger partial charge in [-0.2, -0.15) is 0 Å². The summed E-state index contributed by atoms with van der Waals surface area (Å²) in [7, 11) is -6.08. The molecule has 0 bridgehead atoms. The van der Waals surface area contributed by atoms with Gasteiger partial charge in [-0.1, -0.05) is 12.1 Å². The normalized spacial score (nSPS) is 22.0. The lowest BCUT2D eigenvalue weighted by Crippen LogP contribution is -2.47. The van der Waals surface area contributed by atoms with Gasteiger partial charge in [-0.3, -0.25) is 9.52 Å². The minimum Gasteiger partial charge on any atom is -0.490 e. The van der Waals surface area contributed by atoms with Crippen molar-refractivity contribution in [3.8, 4) is 5.75 Å². The lowest BCUT2D eigenvalue weighted by atomic mass is 10.0. The van der Waals surface area contributed by atoms with Gasteiger partial charge in [0.2, 0.25) is 10.0 Å². The average molecular weight is 645 g/mol. The van der Waals surface area contributed by atoms with Gasteiger partial charge in [0, 0.05) is 38.3 Å². The fourth-order valence-electron chi connectivity index (χ4n) is 4.90. The number of rotatable bonds is 8. The number of hydrogen-bond acceptors (Lipinski definition) is 10. The van der Waals surface area contributed by atoms with E-state index in [9.17, 15) is 26.7 Å². The zero-order valence-electron chi connectivity index (χ0n) is 25.9. The Morgan fingerprint density at radius 3 is 2.49 bits per heavy atom. The lowest BCUT2D eigenvalue weighted by Gasteiger charge is -2.35.